The fourth-order valence-electron chi connectivity index (χ4n) is 1.78. The SMILES string of the molecule is CC(C)(C)C(=O)Cn1ccc2ccc(C#N)cc21. The molecule has 3 nitrogen and oxygen atoms in total. The largest absolute Gasteiger partial charge is 0.340 e. The quantitative estimate of drug-likeness (QED) is 0.809. The molecule has 2 aromatic rings. The highest BCUT2D eigenvalue weighted by Gasteiger charge is 2.21. The van der Waals surface area contributed by atoms with Gasteiger partial charge in [-0.3, -0.25) is 4.79 Å². The van der Waals surface area contributed by atoms with Crippen molar-refractivity contribution < 1.29 is 4.79 Å². The van der Waals surface area contributed by atoms with Crippen LogP contribution in [0.2, 0.25) is 0 Å². The second-order valence-corrected chi connectivity index (χ2v) is 5.50. The summed E-state index contributed by atoms with van der Waals surface area (Å²) in [6.45, 7) is 6.10. The first-order chi connectivity index (χ1) is 8.41. The molecule has 0 atom stereocenters. The van der Waals surface area contributed by atoms with Crippen molar-refractivity contribution in [1.29, 1.82) is 5.26 Å². The Bertz CT molecular complexity index is 639. The maximum atomic E-state index is 12.0. The van der Waals surface area contributed by atoms with E-state index in [-0.39, 0.29) is 11.2 Å². The van der Waals surface area contributed by atoms with Crippen molar-refractivity contribution in [1.82, 2.24) is 4.57 Å². The van der Waals surface area contributed by atoms with Gasteiger partial charge in [-0.15, -0.1) is 0 Å². The summed E-state index contributed by atoms with van der Waals surface area (Å²) >= 11 is 0. The Hall–Kier alpha value is -2.08. The van der Waals surface area contributed by atoms with E-state index in [1.54, 1.807) is 6.07 Å². The Morgan fingerprint density at radius 2 is 2.06 bits per heavy atom. The number of hydrogen-bond donors (Lipinski definition) is 0. The summed E-state index contributed by atoms with van der Waals surface area (Å²) in [5.74, 6) is 0.183. The lowest BCUT2D eigenvalue weighted by molar-refractivity contribution is -0.126. The summed E-state index contributed by atoms with van der Waals surface area (Å²) in [6, 6.07) is 9.61. The van der Waals surface area contributed by atoms with Crippen molar-refractivity contribution in [3.05, 3.63) is 36.0 Å². The summed E-state index contributed by atoms with van der Waals surface area (Å²) in [6.07, 6.45) is 1.90. The number of fused-ring (bicyclic) bond motifs is 1. The van der Waals surface area contributed by atoms with E-state index in [1.807, 2.05) is 49.7 Å². The summed E-state index contributed by atoms with van der Waals surface area (Å²) in [4.78, 5) is 12.0. The van der Waals surface area contributed by atoms with Crippen LogP contribution < -0.4 is 0 Å². The lowest BCUT2D eigenvalue weighted by Gasteiger charge is -2.17. The van der Waals surface area contributed by atoms with Crippen molar-refractivity contribution >= 4 is 16.7 Å². The molecule has 0 spiro atoms. The summed E-state index contributed by atoms with van der Waals surface area (Å²) in [5, 5.41) is 9.96. The Morgan fingerprint density at radius 1 is 1.33 bits per heavy atom. The Morgan fingerprint density at radius 3 is 2.67 bits per heavy atom. The molecule has 0 radical (unpaired) electrons. The molecule has 18 heavy (non-hydrogen) atoms. The van der Waals surface area contributed by atoms with Gasteiger partial charge in [-0.2, -0.15) is 5.26 Å². The lowest BCUT2D eigenvalue weighted by Crippen LogP contribution is -2.24. The van der Waals surface area contributed by atoms with Crippen molar-refractivity contribution in [2.75, 3.05) is 0 Å². The highest BCUT2D eigenvalue weighted by molar-refractivity contribution is 5.87. The third-order valence-corrected chi connectivity index (χ3v) is 3.05. The first-order valence-corrected chi connectivity index (χ1v) is 5.94. The fourth-order valence-corrected chi connectivity index (χ4v) is 1.78. The van der Waals surface area contributed by atoms with Crippen molar-refractivity contribution in [3.63, 3.8) is 0 Å². The number of carbonyl (C=O) groups excluding carboxylic acids is 1. The topological polar surface area (TPSA) is 45.8 Å². The highest BCUT2D eigenvalue weighted by atomic mass is 16.1. The number of carbonyl (C=O) groups is 1. The van der Waals surface area contributed by atoms with E-state index < -0.39 is 0 Å². The van der Waals surface area contributed by atoms with Gasteiger partial charge in [0.2, 0.25) is 0 Å². The molecular weight excluding hydrogens is 224 g/mol. The molecule has 0 fully saturated rings. The predicted octanol–water partition coefficient (Wildman–Crippen LogP) is 3.13. The van der Waals surface area contributed by atoms with Gasteiger partial charge in [-0.25, -0.2) is 0 Å². The van der Waals surface area contributed by atoms with E-state index >= 15 is 0 Å². The van der Waals surface area contributed by atoms with Crippen LogP contribution in [0.1, 0.15) is 26.3 Å². The first-order valence-electron chi connectivity index (χ1n) is 5.94. The van der Waals surface area contributed by atoms with Gasteiger partial charge in [0.15, 0.2) is 5.78 Å². The van der Waals surface area contributed by atoms with E-state index in [4.69, 9.17) is 5.26 Å². The van der Waals surface area contributed by atoms with Gasteiger partial charge < -0.3 is 4.57 Å². The number of rotatable bonds is 2. The Balaban J connectivity index is 2.41. The second-order valence-electron chi connectivity index (χ2n) is 5.50. The third kappa shape index (κ3) is 2.28. The van der Waals surface area contributed by atoms with Crippen LogP contribution in [-0.4, -0.2) is 10.4 Å². The van der Waals surface area contributed by atoms with Gasteiger partial charge in [0.05, 0.1) is 18.2 Å². The number of hydrogen-bond acceptors (Lipinski definition) is 2. The molecule has 2 rings (SSSR count). The average Bonchev–Trinajstić information content (AvgIpc) is 2.70. The minimum absolute atomic E-state index is 0.183. The van der Waals surface area contributed by atoms with Crippen molar-refractivity contribution in [3.8, 4) is 6.07 Å². The summed E-state index contributed by atoms with van der Waals surface area (Å²) < 4.78 is 1.91. The monoisotopic (exact) mass is 240 g/mol. The molecule has 1 heterocycles. The van der Waals surface area contributed by atoms with Crippen LogP contribution in [0.5, 0.6) is 0 Å². The molecule has 92 valence electrons. The number of Topliss-reactive ketones (excluding diaryl/α,β-unsaturated/α-hetero) is 1. The maximum Gasteiger partial charge on any atom is 0.157 e. The minimum Gasteiger partial charge on any atom is -0.340 e. The third-order valence-electron chi connectivity index (χ3n) is 3.05. The van der Waals surface area contributed by atoms with E-state index in [9.17, 15) is 4.79 Å². The average molecular weight is 240 g/mol. The number of ketones is 1. The number of nitriles is 1. The van der Waals surface area contributed by atoms with Crippen LogP contribution in [0.4, 0.5) is 0 Å². The van der Waals surface area contributed by atoms with E-state index in [0.29, 0.717) is 12.1 Å². The van der Waals surface area contributed by atoms with E-state index in [2.05, 4.69) is 6.07 Å². The predicted molar refractivity (Wildman–Crippen MR) is 71.1 cm³/mol. The fraction of sp³-hybridized carbons (Fsp3) is 0.333. The smallest absolute Gasteiger partial charge is 0.157 e. The normalized spacial score (nSPS) is 11.4. The van der Waals surface area contributed by atoms with Gasteiger partial charge in [0.25, 0.3) is 0 Å². The molecule has 1 aromatic carbocycles. The second kappa shape index (κ2) is 4.30. The highest BCUT2D eigenvalue weighted by Crippen LogP contribution is 2.20. The molecule has 3 heteroatoms. The van der Waals surface area contributed by atoms with E-state index in [0.717, 1.165) is 10.9 Å². The van der Waals surface area contributed by atoms with Crippen molar-refractivity contribution in [2.24, 2.45) is 5.41 Å². The van der Waals surface area contributed by atoms with Gasteiger partial charge in [0.1, 0.15) is 0 Å². The molecular formula is C15H16N2O. The van der Waals surface area contributed by atoms with Crippen LogP contribution in [0, 0.1) is 16.7 Å². The molecule has 0 aliphatic heterocycles. The Labute approximate surface area is 107 Å². The molecule has 0 saturated carbocycles. The standard InChI is InChI=1S/C15H16N2O/c1-15(2,3)14(18)10-17-7-6-12-5-4-11(9-16)8-13(12)17/h4-8H,10H2,1-3H3. The van der Waals surface area contributed by atoms with Gasteiger partial charge in [-0.1, -0.05) is 26.8 Å². The van der Waals surface area contributed by atoms with Crippen LogP contribution in [0.15, 0.2) is 30.5 Å². The molecule has 0 aliphatic rings. The zero-order valence-corrected chi connectivity index (χ0v) is 10.9. The van der Waals surface area contributed by atoms with E-state index in [1.165, 1.54) is 0 Å². The van der Waals surface area contributed by atoms with Crippen molar-refractivity contribution in [2.45, 2.75) is 27.3 Å². The van der Waals surface area contributed by atoms with Gasteiger partial charge >= 0.3 is 0 Å². The number of aromatic nitrogens is 1. The number of nitrogens with zero attached hydrogens (tertiary/aromatic N) is 2. The minimum atomic E-state index is -0.344. The summed E-state index contributed by atoms with van der Waals surface area (Å²) in [5.41, 5.74) is 1.21. The summed E-state index contributed by atoms with van der Waals surface area (Å²) in [7, 11) is 0. The van der Waals surface area contributed by atoms with Crippen LogP contribution >= 0.6 is 0 Å². The number of benzene rings is 1. The first kappa shape index (κ1) is 12.4. The molecule has 0 amide bonds. The van der Waals surface area contributed by atoms with Crippen LogP contribution in [0.25, 0.3) is 10.9 Å². The van der Waals surface area contributed by atoms with Crippen LogP contribution in [0.3, 0.4) is 0 Å². The van der Waals surface area contributed by atoms with Crippen LogP contribution in [-0.2, 0) is 11.3 Å². The molecule has 1 aromatic heterocycles. The molecule has 0 aliphatic carbocycles. The van der Waals surface area contributed by atoms with Gasteiger partial charge in [0, 0.05) is 17.1 Å². The Kier molecular flexibility index (Phi) is 2.96. The zero-order valence-electron chi connectivity index (χ0n) is 10.9. The lowest BCUT2D eigenvalue weighted by atomic mass is 9.91. The zero-order chi connectivity index (χ0) is 13.3. The molecule has 0 unspecified atom stereocenters. The molecule has 0 bridgehead atoms. The molecule has 0 saturated heterocycles. The van der Waals surface area contributed by atoms with Gasteiger partial charge in [-0.05, 0) is 23.6 Å². The molecule has 0 N–H and O–H groups in total. The maximum absolute atomic E-state index is 12.0.